The molecule has 0 saturated heterocycles. The topological polar surface area (TPSA) is 97.1 Å². The molecule has 0 radical (unpaired) electrons. The van der Waals surface area contributed by atoms with Crippen molar-refractivity contribution in [2.24, 2.45) is 5.73 Å². The van der Waals surface area contributed by atoms with E-state index in [1.165, 1.54) is 0 Å². The number of amides is 2. The van der Waals surface area contributed by atoms with Crippen molar-refractivity contribution in [1.82, 2.24) is 15.6 Å². The van der Waals surface area contributed by atoms with Crippen molar-refractivity contribution in [3.63, 3.8) is 0 Å². The normalized spacial score (nSPS) is 20.2. The van der Waals surface area contributed by atoms with E-state index in [2.05, 4.69) is 15.6 Å². The largest absolute Gasteiger partial charge is 0.353 e. The maximum absolute atomic E-state index is 12.4. The number of fused-ring (bicyclic) bond motifs is 1. The number of nitrogens with zero attached hydrogens (tertiary/aromatic N) is 1. The molecule has 1 aromatic heterocycles. The summed E-state index contributed by atoms with van der Waals surface area (Å²) in [6, 6.07) is 11.7. The Morgan fingerprint density at radius 1 is 1.00 bits per heavy atom. The number of aromatic nitrogens is 1. The second-order valence-corrected chi connectivity index (χ2v) is 6.52. The third kappa shape index (κ3) is 4.54. The van der Waals surface area contributed by atoms with Crippen molar-refractivity contribution >= 4 is 22.7 Å². The molecule has 1 fully saturated rings. The van der Waals surface area contributed by atoms with Crippen molar-refractivity contribution in [3.05, 3.63) is 42.1 Å². The molecule has 1 aromatic carbocycles. The summed E-state index contributed by atoms with van der Waals surface area (Å²) >= 11 is 0. The Hall–Kier alpha value is -2.47. The first-order valence-electron chi connectivity index (χ1n) is 8.82. The maximum Gasteiger partial charge on any atom is 0.270 e. The fraction of sp³-hybridized carbons (Fsp3) is 0.421. The molecule has 6 heteroatoms. The van der Waals surface area contributed by atoms with Crippen LogP contribution in [0.5, 0.6) is 0 Å². The molecule has 1 aliphatic carbocycles. The summed E-state index contributed by atoms with van der Waals surface area (Å²) in [4.78, 5) is 28.5. The van der Waals surface area contributed by atoms with Crippen LogP contribution in [0.25, 0.3) is 10.9 Å². The van der Waals surface area contributed by atoms with Crippen LogP contribution in [-0.2, 0) is 4.79 Å². The number of benzene rings is 1. The van der Waals surface area contributed by atoms with E-state index < -0.39 is 0 Å². The van der Waals surface area contributed by atoms with Gasteiger partial charge in [-0.25, -0.2) is 4.98 Å². The lowest BCUT2D eigenvalue weighted by atomic mass is 9.91. The van der Waals surface area contributed by atoms with Crippen LogP contribution in [0.15, 0.2) is 36.4 Å². The van der Waals surface area contributed by atoms with Crippen LogP contribution in [0.1, 0.15) is 42.6 Å². The molecule has 0 aliphatic heterocycles. The highest BCUT2D eigenvalue weighted by Gasteiger charge is 2.24. The van der Waals surface area contributed by atoms with Crippen LogP contribution in [0.2, 0.25) is 0 Å². The van der Waals surface area contributed by atoms with Crippen LogP contribution >= 0.6 is 0 Å². The minimum Gasteiger partial charge on any atom is -0.353 e. The van der Waals surface area contributed by atoms with E-state index in [-0.39, 0.29) is 23.9 Å². The fourth-order valence-electron chi connectivity index (χ4n) is 3.26. The van der Waals surface area contributed by atoms with Gasteiger partial charge in [0.1, 0.15) is 5.69 Å². The average Bonchev–Trinajstić information content (AvgIpc) is 2.63. The fourth-order valence-corrected chi connectivity index (χ4v) is 3.26. The summed E-state index contributed by atoms with van der Waals surface area (Å²) in [5, 5.41) is 7.09. The van der Waals surface area contributed by atoms with E-state index in [1.54, 1.807) is 6.07 Å². The molecule has 1 heterocycles. The van der Waals surface area contributed by atoms with Gasteiger partial charge in [0.2, 0.25) is 5.91 Å². The van der Waals surface area contributed by atoms with Crippen LogP contribution in [0.4, 0.5) is 0 Å². The van der Waals surface area contributed by atoms with Gasteiger partial charge in [-0.1, -0.05) is 24.3 Å². The molecular weight excluding hydrogens is 316 g/mol. The maximum atomic E-state index is 12.4. The molecule has 132 valence electrons. The van der Waals surface area contributed by atoms with Crippen LogP contribution in [0, 0.1) is 0 Å². The average molecular weight is 340 g/mol. The number of hydrogen-bond donors (Lipinski definition) is 3. The first-order valence-corrected chi connectivity index (χ1v) is 8.82. The summed E-state index contributed by atoms with van der Waals surface area (Å²) < 4.78 is 0. The Bertz CT molecular complexity index is 754. The summed E-state index contributed by atoms with van der Waals surface area (Å²) in [7, 11) is 0. The van der Waals surface area contributed by atoms with Crippen molar-refractivity contribution < 1.29 is 9.59 Å². The predicted octanol–water partition coefficient (Wildman–Crippen LogP) is 1.74. The molecule has 6 nitrogen and oxygen atoms in total. The first kappa shape index (κ1) is 17.4. The molecule has 1 aliphatic rings. The number of pyridine rings is 1. The zero-order valence-corrected chi connectivity index (χ0v) is 14.2. The molecule has 0 atom stereocenters. The monoisotopic (exact) mass is 340 g/mol. The highest BCUT2D eigenvalue weighted by Crippen LogP contribution is 2.19. The van der Waals surface area contributed by atoms with Gasteiger partial charge in [-0.2, -0.15) is 0 Å². The number of carbonyl (C=O) groups is 2. The van der Waals surface area contributed by atoms with Gasteiger partial charge in [-0.15, -0.1) is 0 Å². The minimum absolute atomic E-state index is 0.00958. The number of para-hydroxylation sites is 1. The lowest BCUT2D eigenvalue weighted by Crippen LogP contribution is -2.44. The van der Waals surface area contributed by atoms with Crippen molar-refractivity contribution in [3.8, 4) is 0 Å². The predicted molar refractivity (Wildman–Crippen MR) is 97.1 cm³/mol. The second-order valence-electron chi connectivity index (χ2n) is 6.52. The molecule has 0 spiro atoms. The van der Waals surface area contributed by atoms with E-state index in [0.29, 0.717) is 18.7 Å². The van der Waals surface area contributed by atoms with E-state index in [4.69, 9.17) is 5.73 Å². The van der Waals surface area contributed by atoms with Crippen molar-refractivity contribution in [1.29, 1.82) is 0 Å². The molecule has 4 N–H and O–H groups in total. The number of nitrogens with one attached hydrogen (secondary N) is 2. The number of nitrogens with two attached hydrogens (primary N) is 1. The Kier molecular flexibility index (Phi) is 5.60. The first-order chi connectivity index (χ1) is 12.2. The summed E-state index contributed by atoms with van der Waals surface area (Å²) in [5.41, 5.74) is 6.65. The lowest BCUT2D eigenvalue weighted by molar-refractivity contribution is -0.121. The Balaban J connectivity index is 1.52. The summed E-state index contributed by atoms with van der Waals surface area (Å²) in [6.07, 6.45) is 3.81. The number of carbonyl (C=O) groups excluding carboxylic acids is 2. The highest BCUT2D eigenvalue weighted by molar-refractivity contribution is 5.95. The van der Waals surface area contributed by atoms with E-state index in [9.17, 15) is 9.59 Å². The van der Waals surface area contributed by atoms with Gasteiger partial charge in [0.25, 0.3) is 5.91 Å². The van der Waals surface area contributed by atoms with E-state index in [0.717, 1.165) is 36.6 Å². The van der Waals surface area contributed by atoms with Gasteiger partial charge in [0, 0.05) is 30.4 Å². The molecular formula is C19H24N4O2. The molecule has 2 aromatic rings. The summed E-state index contributed by atoms with van der Waals surface area (Å²) in [5.74, 6) is -0.128. The van der Waals surface area contributed by atoms with Gasteiger partial charge >= 0.3 is 0 Å². The van der Waals surface area contributed by atoms with Crippen LogP contribution in [0.3, 0.4) is 0 Å². The van der Waals surface area contributed by atoms with Crippen molar-refractivity contribution in [2.45, 2.75) is 44.2 Å². The van der Waals surface area contributed by atoms with Gasteiger partial charge in [0.05, 0.1) is 5.52 Å². The number of rotatable bonds is 5. The third-order valence-electron chi connectivity index (χ3n) is 4.63. The zero-order chi connectivity index (χ0) is 17.6. The third-order valence-corrected chi connectivity index (χ3v) is 4.63. The molecule has 25 heavy (non-hydrogen) atoms. The molecule has 0 bridgehead atoms. The smallest absolute Gasteiger partial charge is 0.270 e. The quantitative estimate of drug-likeness (QED) is 0.772. The highest BCUT2D eigenvalue weighted by atomic mass is 16.2. The van der Waals surface area contributed by atoms with Crippen LogP contribution in [-0.4, -0.2) is 35.4 Å². The molecule has 0 unspecified atom stereocenters. The SMILES string of the molecule is NCCC(=O)NC1CCC(NC(=O)c2ccc3ccccc3n2)CC1. The Morgan fingerprint density at radius 2 is 1.68 bits per heavy atom. The van der Waals surface area contributed by atoms with E-state index >= 15 is 0 Å². The van der Waals surface area contributed by atoms with E-state index in [1.807, 2.05) is 30.3 Å². The molecule has 1 saturated carbocycles. The molecule has 2 amide bonds. The van der Waals surface area contributed by atoms with Crippen molar-refractivity contribution in [2.75, 3.05) is 6.54 Å². The standard InChI is InChI=1S/C19H24N4O2/c20-12-11-18(24)21-14-6-8-15(9-7-14)22-19(25)17-10-5-13-3-1-2-4-16(13)23-17/h1-5,10,14-15H,6-9,11-12,20H2,(H,21,24)(H,22,25). The van der Waals surface area contributed by atoms with Gasteiger partial charge in [-0.3, -0.25) is 9.59 Å². The van der Waals surface area contributed by atoms with Gasteiger partial charge in [-0.05, 0) is 37.8 Å². The zero-order valence-electron chi connectivity index (χ0n) is 14.2. The Labute approximate surface area is 147 Å². The second kappa shape index (κ2) is 8.07. The minimum atomic E-state index is -0.138. The lowest BCUT2D eigenvalue weighted by Gasteiger charge is -2.29. The van der Waals surface area contributed by atoms with Gasteiger partial charge < -0.3 is 16.4 Å². The van der Waals surface area contributed by atoms with Crippen LogP contribution < -0.4 is 16.4 Å². The molecule has 3 rings (SSSR count). The Morgan fingerprint density at radius 3 is 2.40 bits per heavy atom. The summed E-state index contributed by atoms with van der Waals surface area (Å²) in [6.45, 7) is 0.371. The number of hydrogen-bond acceptors (Lipinski definition) is 4. The van der Waals surface area contributed by atoms with Gasteiger partial charge in [0.15, 0.2) is 0 Å².